The Morgan fingerprint density at radius 1 is 1.32 bits per heavy atom. The lowest BCUT2D eigenvalue weighted by Gasteiger charge is -2.13. The first-order valence-corrected chi connectivity index (χ1v) is 7.41. The van der Waals surface area contributed by atoms with Crippen LogP contribution in [0.5, 0.6) is 11.5 Å². The van der Waals surface area contributed by atoms with E-state index in [4.69, 9.17) is 14.7 Å². The molecule has 0 saturated heterocycles. The number of benzene rings is 1. The summed E-state index contributed by atoms with van der Waals surface area (Å²) in [5.74, 6) is 0.518. The van der Waals surface area contributed by atoms with Crippen LogP contribution in [0.3, 0.4) is 0 Å². The molecule has 1 heterocycles. The molecule has 0 aliphatic heterocycles. The van der Waals surface area contributed by atoms with Gasteiger partial charge in [0.05, 0.1) is 25.6 Å². The van der Waals surface area contributed by atoms with Gasteiger partial charge in [0.15, 0.2) is 0 Å². The number of aromatic nitrogens is 2. The van der Waals surface area contributed by atoms with Crippen LogP contribution < -0.4 is 20.3 Å². The summed E-state index contributed by atoms with van der Waals surface area (Å²) in [5, 5.41) is 15.9. The molecule has 1 aromatic heterocycles. The summed E-state index contributed by atoms with van der Waals surface area (Å²) < 4.78 is 11.3. The summed E-state index contributed by atoms with van der Waals surface area (Å²) in [6, 6.07) is 6.82. The van der Waals surface area contributed by atoms with Gasteiger partial charge in [-0.1, -0.05) is 0 Å². The number of carbonyl (C=O) groups excluding carboxylic acids is 1. The maximum Gasteiger partial charge on any atom is 0.285 e. The van der Waals surface area contributed by atoms with Crippen LogP contribution in [0.1, 0.15) is 16.8 Å². The Labute approximate surface area is 144 Å². The highest BCUT2D eigenvalue weighted by atomic mass is 16.5. The molecule has 0 unspecified atom stereocenters. The minimum Gasteiger partial charge on any atom is -0.497 e. The van der Waals surface area contributed by atoms with Gasteiger partial charge < -0.3 is 14.8 Å². The summed E-state index contributed by atoms with van der Waals surface area (Å²) in [6.07, 6.45) is 0. The zero-order valence-electron chi connectivity index (χ0n) is 14.4. The Kier molecular flexibility index (Phi) is 5.39. The molecule has 0 aliphatic carbocycles. The van der Waals surface area contributed by atoms with Crippen LogP contribution in [0.15, 0.2) is 23.0 Å². The van der Waals surface area contributed by atoms with Crippen molar-refractivity contribution in [2.24, 2.45) is 0 Å². The predicted molar refractivity (Wildman–Crippen MR) is 90.9 cm³/mol. The van der Waals surface area contributed by atoms with E-state index in [1.807, 2.05) is 6.07 Å². The zero-order chi connectivity index (χ0) is 18.6. The fourth-order valence-electron chi connectivity index (χ4n) is 2.25. The summed E-state index contributed by atoms with van der Waals surface area (Å²) in [4.78, 5) is 24.5. The lowest BCUT2D eigenvalue weighted by Crippen LogP contribution is -2.32. The van der Waals surface area contributed by atoms with Crippen molar-refractivity contribution in [1.82, 2.24) is 9.78 Å². The number of aryl methyl sites for hydroxylation is 1. The molecule has 130 valence electrons. The minimum absolute atomic E-state index is 0.0146. The summed E-state index contributed by atoms with van der Waals surface area (Å²) in [5.41, 5.74) is 0.823. The molecule has 1 N–H and O–H groups in total. The third-order valence-electron chi connectivity index (χ3n) is 3.72. The molecule has 8 nitrogen and oxygen atoms in total. The van der Waals surface area contributed by atoms with Crippen LogP contribution in [0.4, 0.5) is 5.69 Å². The van der Waals surface area contributed by atoms with Crippen molar-refractivity contribution < 1.29 is 14.3 Å². The van der Waals surface area contributed by atoms with E-state index in [-0.39, 0.29) is 12.1 Å². The fraction of sp³-hybridized carbons (Fsp3) is 0.294. The third kappa shape index (κ3) is 3.77. The Bertz CT molecular complexity index is 912. The smallest absolute Gasteiger partial charge is 0.285 e. The summed E-state index contributed by atoms with van der Waals surface area (Å²) in [6.45, 7) is 3.00. The van der Waals surface area contributed by atoms with E-state index in [0.717, 1.165) is 4.68 Å². The molecule has 2 aromatic rings. The molecular formula is C17H18N4O4. The Balaban J connectivity index is 2.29. The zero-order valence-corrected chi connectivity index (χ0v) is 14.4. The topological polar surface area (TPSA) is 106 Å². The number of methoxy groups -OCH3 is 2. The number of nitrogens with one attached hydrogen (secondary N) is 1. The number of amides is 1. The lowest BCUT2D eigenvalue weighted by atomic mass is 10.1. The van der Waals surface area contributed by atoms with Crippen molar-refractivity contribution in [3.63, 3.8) is 0 Å². The van der Waals surface area contributed by atoms with Crippen LogP contribution in [0.2, 0.25) is 0 Å². The Hall–Kier alpha value is -3.34. The van der Waals surface area contributed by atoms with E-state index in [2.05, 4.69) is 10.4 Å². The highest BCUT2D eigenvalue weighted by molar-refractivity contribution is 5.92. The second-order valence-electron chi connectivity index (χ2n) is 5.27. The second kappa shape index (κ2) is 7.49. The largest absolute Gasteiger partial charge is 0.497 e. The average molecular weight is 342 g/mol. The number of rotatable bonds is 5. The van der Waals surface area contributed by atoms with Gasteiger partial charge in [0.1, 0.15) is 29.7 Å². The van der Waals surface area contributed by atoms with Crippen LogP contribution in [-0.2, 0) is 11.3 Å². The van der Waals surface area contributed by atoms with Crippen LogP contribution in [0.25, 0.3) is 0 Å². The molecule has 0 bridgehead atoms. The first-order valence-electron chi connectivity index (χ1n) is 7.41. The Morgan fingerprint density at radius 2 is 2.04 bits per heavy atom. The molecule has 2 rings (SSSR count). The fourth-order valence-corrected chi connectivity index (χ4v) is 2.25. The number of carbonyl (C=O) groups is 1. The van der Waals surface area contributed by atoms with Gasteiger partial charge >= 0.3 is 0 Å². The summed E-state index contributed by atoms with van der Waals surface area (Å²) in [7, 11) is 2.99. The minimum atomic E-state index is -0.599. The highest BCUT2D eigenvalue weighted by Crippen LogP contribution is 2.28. The highest BCUT2D eigenvalue weighted by Gasteiger charge is 2.15. The third-order valence-corrected chi connectivity index (χ3v) is 3.72. The van der Waals surface area contributed by atoms with Crippen molar-refractivity contribution in [3.05, 3.63) is 45.4 Å². The van der Waals surface area contributed by atoms with Gasteiger partial charge in [0, 0.05) is 6.07 Å². The van der Waals surface area contributed by atoms with Crippen molar-refractivity contribution in [3.8, 4) is 17.6 Å². The molecule has 1 aromatic carbocycles. The SMILES string of the molecule is COc1ccc(OC)c(NC(=O)Cn2nc(C)c(C)c(C#N)c2=O)c1. The molecule has 0 fully saturated rings. The molecular weight excluding hydrogens is 324 g/mol. The number of anilines is 1. The first kappa shape index (κ1) is 18.0. The number of hydrogen-bond donors (Lipinski definition) is 1. The van der Waals surface area contributed by atoms with Gasteiger partial charge in [0.2, 0.25) is 5.91 Å². The molecule has 1 amide bonds. The number of nitrogens with zero attached hydrogens (tertiary/aromatic N) is 3. The van der Waals surface area contributed by atoms with Crippen molar-refractivity contribution in [2.75, 3.05) is 19.5 Å². The maximum absolute atomic E-state index is 12.3. The number of ether oxygens (including phenoxy) is 2. The van der Waals surface area contributed by atoms with Gasteiger partial charge in [-0.05, 0) is 31.5 Å². The lowest BCUT2D eigenvalue weighted by molar-refractivity contribution is -0.117. The molecule has 0 radical (unpaired) electrons. The van der Waals surface area contributed by atoms with Crippen LogP contribution in [0, 0.1) is 25.2 Å². The summed E-state index contributed by atoms with van der Waals surface area (Å²) >= 11 is 0. The van der Waals surface area contributed by atoms with E-state index in [1.54, 1.807) is 32.0 Å². The number of nitriles is 1. The van der Waals surface area contributed by atoms with Gasteiger partial charge in [-0.25, -0.2) is 4.68 Å². The van der Waals surface area contributed by atoms with Crippen LogP contribution in [-0.4, -0.2) is 29.9 Å². The normalized spacial score (nSPS) is 10.0. The molecule has 0 atom stereocenters. The molecule has 0 spiro atoms. The Morgan fingerprint density at radius 3 is 2.64 bits per heavy atom. The van der Waals surface area contributed by atoms with Crippen molar-refractivity contribution in [2.45, 2.75) is 20.4 Å². The quantitative estimate of drug-likeness (QED) is 0.880. The number of hydrogen-bond acceptors (Lipinski definition) is 6. The molecule has 25 heavy (non-hydrogen) atoms. The maximum atomic E-state index is 12.3. The predicted octanol–water partition coefficient (Wildman–Crippen LogP) is 1.39. The molecule has 8 heteroatoms. The van der Waals surface area contributed by atoms with E-state index in [9.17, 15) is 9.59 Å². The van der Waals surface area contributed by atoms with E-state index in [1.165, 1.54) is 14.2 Å². The van der Waals surface area contributed by atoms with Gasteiger partial charge in [0.25, 0.3) is 5.56 Å². The molecule has 0 saturated carbocycles. The molecule has 0 aliphatic rings. The van der Waals surface area contributed by atoms with Gasteiger partial charge in [-0.3, -0.25) is 9.59 Å². The van der Waals surface area contributed by atoms with E-state index >= 15 is 0 Å². The second-order valence-corrected chi connectivity index (χ2v) is 5.27. The van der Waals surface area contributed by atoms with Crippen molar-refractivity contribution in [1.29, 1.82) is 5.26 Å². The first-order chi connectivity index (χ1) is 11.9. The average Bonchev–Trinajstić information content (AvgIpc) is 2.60. The van der Waals surface area contributed by atoms with E-state index < -0.39 is 11.5 Å². The van der Waals surface area contributed by atoms with Crippen LogP contribution >= 0.6 is 0 Å². The van der Waals surface area contributed by atoms with Gasteiger partial charge in [-0.2, -0.15) is 10.4 Å². The van der Waals surface area contributed by atoms with E-state index in [0.29, 0.717) is 28.4 Å². The van der Waals surface area contributed by atoms with Crippen molar-refractivity contribution >= 4 is 11.6 Å². The van der Waals surface area contributed by atoms with Gasteiger partial charge in [-0.15, -0.1) is 0 Å². The monoisotopic (exact) mass is 342 g/mol. The standard InChI is InChI=1S/C17H18N4O4/c1-10-11(2)20-21(17(23)13(10)8-18)9-16(22)19-14-7-12(24-3)5-6-15(14)25-4/h5-7H,9H2,1-4H3,(H,19,22).